The van der Waals surface area contributed by atoms with Crippen LogP contribution >= 0.6 is 23.4 Å². The summed E-state index contributed by atoms with van der Waals surface area (Å²) in [5, 5.41) is 3.85. The summed E-state index contributed by atoms with van der Waals surface area (Å²) in [7, 11) is 0. The van der Waals surface area contributed by atoms with E-state index in [-0.39, 0.29) is 11.2 Å². The van der Waals surface area contributed by atoms with Crippen molar-refractivity contribution in [3.05, 3.63) is 58.7 Å². The molecule has 1 saturated heterocycles. The minimum Gasteiger partial charge on any atom is -0.304 e. The van der Waals surface area contributed by atoms with Gasteiger partial charge in [-0.3, -0.25) is 4.79 Å². The first-order valence-electron chi connectivity index (χ1n) is 6.85. The van der Waals surface area contributed by atoms with E-state index in [9.17, 15) is 4.79 Å². The summed E-state index contributed by atoms with van der Waals surface area (Å²) in [5.74, 6) is 0.553. The van der Waals surface area contributed by atoms with E-state index in [4.69, 9.17) is 11.6 Å². The SMILES string of the molecule is Cc1cccc(N=C2NC(=O)[C@@H](Cc3ccccc3Cl)S2)n1. The first kappa shape index (κ1) is 15.1. The van der Waals surface area contributed by atoms with Crippen LogP contribution in [0.2, 0.25) is 5.02 Å². The number of nitrogens with zero attached hydrogens (tertiary/aromatic N) is 2. The van der Waals surface area contributed by atoms with Gasteiger partial charge < -0.3 is 5.32 Å². The molecule has 0 bridgehead atoms. The topological polar surface area (TPSA) is 54.4 Å². The molecule has 3 rings (SSSR count). The van der Waals surface area contributed by atoms with Crippen molar-refractivity contribution in [1.29, 1.82) is 0 Å². The molecule has 4 nitrogen and oxygen atoms in total. The minimum atomic E-state index is -0.219. The molecule has 1 aromatic heterocycles. The molecule has 0 unspecified atom stereocenters. The molecule has 1 aliphatic rings. The van der Waals surface area contributed by atoms with E-state index >= 15 is 0 Å². The fourth-order valence-electron chi connectivity index (χ4n) is 2.15. The van der Waals surface area contributed by atoms with Gasteiger partial charge in [-0.1, -0.05) is 47.6 Å². The highest BCUT2D eigenvalue weighted by atomic mass is 35.5. The van der Waals surface area contributed by atoms with Gasteiger partial charge in [0.05, 0.1) is 5.25 Å². The molecule has 0 radical (unpaired) electrons. The van der Waals surface area contributed by atoms with Gasteiger partial charge in [0.25, 0.3) is 0 Å². The fraction of sp³-hybridized carbons (Fsp3) is 0.188. The summed E-state index contributed by atoms with van der Waals surface area (Å²) >= 11 is 7.57. The monoisotopic (exact) mass is 331 g/mol. The molecule has 6 heteroatoms. The fourth-order valence-corrected chi connectivity index (χ4v) is 3.37. The molecule has 112 valence electrons. The number of carbonyl (C=O) groups excluding carboxylic acids is 1. The average molecular weight is 332 g/mol. The number of benzene rings is 1. The van der Waals surface area contributed by atoms with Crippen LogP contribution in [0, 0.1) is 6.92 Å². The molecule has 2 aromatic rings. The van der Waals surface area contributed by atoms with E-state index in [2.05, 4.69) is 15.3 Å². The number of nitrogens with one attached hydrogen (secondary N) is 1. The van der Waals surface area contributed by atoms with Crippen LogP contribution in [-0.2, 0) is 11.2 Å². The van der Waals surface area contributed by atoms with E-state index in [0.29, 0.717) is 22.4 Å². The number of thioether (sulfide) groups is 1. The third-order valence-corrected chi connectivity index (χ3v) is 4.68. The molecule has 1 fully saturated rings. The average Bonchev–Trinajstić information content (AvgIpc) is 2.81. The lowest BCUT2D eigenvalue weighted by molar-refractivity contribution is -0.118. The first-order valence-corrected chi connectivity index (χ1v) is 8.11. The van der Waals surface area contributed by atoms with Crippen molar-refractivity contribution in [3.63, 3.8) is 0 Å². The molecular formula is C16H14ClN3OS. The lowest BCUT2D eigenvalue weighted by Gasteiger charge is -2.06. The van der Waals surface area contributed by atoms with Crippen molar-refractivity contribution in [2.75, 3.05) is 0 Å². The van der Waals surface area contributed by atoms with Gasteiger partial charge in [0.1, 0.15) is 0 Å². The Hall–Kier alpha value is -1.85. The second kappa shape index (κ2) is 6.50. The highest BCUT2D eigenvalue weighted by molar-refractivity contribution is 8.15. The van der Waals surface area contributed by atoms with Gasteiger partial charge in [-0.15, -0.1) is 0 Å². The van der Waals surface area contributed by atoms with Crippen LogP contribution in [-0.4, -0.2) is 21.3 Å². The van der Waals surface area contributed by atoms with Crippen LogP contribution in [0.15, 0.2) is 47.5 Å². The van der Waals surface area contributed by atoms with Crippen LogP contribution in [0.3, 0.4) is 0 Å². The third-order valence-electron chi connectivity index (χ3n) is 3.23. The van der Waals surface area contributed by atoms with Crippen molar-refractivity contribution in [2.24, 2.45) is 4.99 Å². The summed E-state index contributed by atoms with van der Waals surface area (Å²) in [5.41, 5.74) is 1.86. The van der Waals surface area contributed by atoms with Crippen molar-refractivity contribution >= 4 is 40.3 Å². The Labute approximate surface area is 138 Å². The van der Waals surface area contributed by atoms with Gasteiger partial charge in [-0.25, -0.2) is 9.98 Å². The second-order valence-corrected chi connectivity index (χ2v) is 6.54. The van der Waals surface area contributed by atoms with Gasteiger partial charge in [0.2, 0.25) is 5.91 Å². The van der Waals surface area contributed by atoms with Crippen LogP contribution in [0.4, 0.5) is 5.82 Å². The Bertz CT molecular complexity index is 748. The molecule has 0 saturated carbocycles. The molecular weight excluding hydrogens is 318 g/mol. The van der Waals surface area contributed by atoms with Gasteiger partial charge in [-0.2, -0.15) is 0 Å². The third kappa shape index (κ3) is 3.48. The van der Waals surface area contributed by atoms with Gasteiger partial charge >= 0.3 is 0 Å². The zero-order valence-electron chi connectivity index (χ0n) is 11.9. The van der Waals surface area contributed by atoms with Crippen LogP contribution in [0.5, 0.6) is 0 Å². The van der Waals surface area contributed by atoms with Crippen molar-refractivity contribution in [2.45, 2.75) is 18.6 Å². The highest BCUT2D eigenvalue weighted by Gasteiger charge is 2.30. The zero-order valence-corrected chi connectivity index (χ0v) is 13.5. The van der Waals surface area contributed by atoms with Crippen molar-refractivity contribution < 1.29 is 4.79 Å². The molecule has 1 atom stereocenters. The van der Waals surface area contributed by atoms with Crippen molar-refractivity contribution in [3.8, 4) is 0 Å². The molecule has 1 N–H and O–H groups in total. The molecule has 0 spiro atoms. The number of amidine groups is 1. The van der Waals surface area contributed by atoms with Gasteiger partial charge in [0.15, 0.2) is 11.0 Å². The number of aromatic nitrogens is 1. The molecule has 1 aliphatic heterocycles. The molecule has 0 aliphatic carbocycles. The molecule has 22 heavy (non-hydrogen) atoms. The van der Waals surface area contributed by atoms with E-state index in [1.54, 1.807) is 0 Å². The summed E-state index contributed by atoms with van der Waals surface area (Å²) < 4.78 is 0. The summed E-state index contributed by atoms with van der Waals surface area (Å²) in [4.78, 5) is 20.8. The minimum absolute atomic E-state index is 0.0451. The quantitative estimate of drug-likeness (QED) is 0.936. The number of halogens is 1. The Morgan fingerprint density at radius 1 is 1.27 bits per heavy atom. The van der Waals surface area contributed by atoms with E-state index in [0.717, 1.165) is 11.3 Å². The summed E-state index contributed by atoms with van der Waals surface area (Å²) in [6.45, 7) is 1.91. The maximum atomic E-state index is 12.1. The first-order chi connectivity index (χ1) is 10.6. The molecule has 2 heterocycles. The number of amides is 1. The normalized spacial score (nSPS) is 19.5. The Morgan fingerprint density at radius 3 is 2.86 bits per heavy atom. The van der Waals surface area contributed by atoms with Crippen LogP contribution in [0.1, 0.15) is 11.3 Å². The number of carbonyl (C=O) groups is 1. The Balaban J connectivity index is 1.75. The number of aliphatic imine (C=N–C) groups is 1. The smallest absolute Gasteiger partial charge is 0.239 e. The number of pyridine rings is 1. The number of hydrogen-bond donors (Lipinski definition) is 1. The summed E-state index contributed by atoms with van der Waals surface area (Å²) in [6.07, 6.45) is 0.580. The summed E-state index contributed by atoms with van der Waals surface area (Å²) in [6, 6.07) is 13.2. The predicted octanol–water partition coefficient (Wildman–Crippen LogP) is 3.51. The lowest BCUT2D eigenvalue weighted by Crippen LogP contribution is -2.26. The number of rotatable bonds is 3. The van der Waals surface area contributed by atoms with Crippen molar-refractivity contribution in [1.82, 2.24) is 10.3 Å². The van der Waals surface area contributed by atoms with Crippen LogP contribution in [0.25, 0.3) is 0 Å². The number of aryl methyl sites for hydroxylation is 1. The Kier molecular flexibility index (Phi) is 4.45. The lowest BCUT2D eigenvalue weighted by atomic mass is 10.1. The van der Waals surface area contributed by atoms with E-state index in [1.165, 1.54) is 11.8 Å². The van der Waals surface area contributed by atoms with E-state index in [1.807, 2.05) is 49.4 Å². The largest absolute Gasteiger partial charge is 0.304 e. The predicted molar refractivity (Wildman–Crippen MR) is 90.7 cm³/mol. The standard InChI is InChI=1S/C16H14ClN3OS/c1-10-5-4-8-14(18-10)19-16-20-15(21)13(22-16)9-11-6-2-3-7-12(11)17/h2-8,13H,9H2,1H3,(H,18,19,20,21)/t13-/m1/s1. The van der Waals surface area contributed by atoms with Crippen LogP contribution < -0.4 is 5.32 Å². The maximum absolute atomic E-state index is 12.1. The van der Waals surface area contributed by atoms with Gasteiger partial charge in [0, 0.05) is 10.7 Å². The zero-order chi connectivity index (χ0) is 15.5. The molecule has 1 aromatic carbocycles. The van der Waals surface area contributed by atoms with E-state index < -0.39 is 0 Å². The Morgan fingerprint density at radius 2 is 2.09 bits per heavy atom. The molecule has 1 amide bonds. The second-order valence-electron chi connectivity index (χ2n) is 4.95. The van der Waals surface area contributed by atoms with Gasteiger partial charge in [-0.05, 0) is 37.1 Å². The maximum Gasteiger partial charge on any atom is 0.239 e. The number of hydrogen-bond acceptors (Lipinski definition) is 4. The highest BCUT2D eigenvalue weighted by Crippen LogP contribution is 2.27.